The van der Waals surface area contributed by atoms with Crippen LogP contribution < -0.4 is 10.1 Å². The zero-order valence-electron chi connectivity index (χ0n) is 17.5. The normalized spacial score (nSPS) is 16.0. The molecule has 2 aliphatic rings. The van der Waals surface area contributed by atoms with Crippen LogP contribution in [0.25, 0.3) is 11.4 Å². The van der Waals surface area contributed by atoms with Gasteiger partial charge in [0.05, 0.1) is 10.6 Å². The summed E-state index contributed by atoms with van der Waals surface area (Å²) in [5.41, 5.74) is 3.20. The number of aromatic amines is 1. The number of fused-ring (bicyclic) bond motifs is 1. The third kappa shape index (κ3) is 4.02. The standard InChI is InChI=1S/C23H24ClN5O3/c24-19-12-17(22-26-28-29-27-22)15-7-4-8-16(15)21(19)32-14-9-10-20(30)18(11-14)23(31)25-13-5-2-1-3-6-13/h9-13,30H,1-8H2,(H,25,31)(H,26,27,28,29). The number of nitrogens with zero attached hydrogens (tertiary/aromatic N) is 3. The zero-order valence-corrected chi connectivity index (χ0v) is 18.3. The second-order valence-corrected chi connectivity index (χ2v) is 8.79. The summed E-state index contributed by atoms with van der Waals surface area (Å²) in [6.45, 7) is 0. The number of carbonyl (C=O) groups is 1. The lowest BCUT2D eigenvalue weighted by atomic mass is 9.95. The topological polar surface area (TPSA) is 113 Å². The molecule has 5 rings (SSSR count). The number of phenols is 1. The Balaban J connectivity index is 1.43. The van der Waals surface area contributed by atoms with E-state index in [1.807, 2.05) is 0 Å². The Morgan fingerprint density at radius 3 is 2.72 bits per heavy atom. The van der Waals surface area contributed by atoms with Gasteiger partial charge in [-0.3, -0.25) is 4.79 Å². The summed E-state index contributed by atoms with van der Waals surface area (Å²) in [5, 5.41) is 27.9. The van der Waals surface area contributed by atoms with Crippen molar-refractivity contribution in [3.05, 3.63) is 46.0 Å². The number of ether oxygens (including phenoxy) is 1. The number of benzene rings is 2. The van der Waals surface area contributed by atoms with Crippen LogP contribution >= 0.6 is 11.6 Å². The monoisotopic (exact) mass is 453 g/mol. The van der Waals surface area contributed by atoms with Crippen LogP contribution in [0.4, 0.5) is 0 Å². The van der Waals surface area contributed by atoms with Crippen LogP contribution in [0, 0.1) is 0 Å². The quantitative estimate of drug-likeness (QED) is 0.521. The molecule has 166 valence electrons. The molecule has 1 saturated carbocycles. The fourth-order valence-electron chi connectivity index (χ4n) is 4.70. The van der Waals surface area contributed by atoms with Crippen LogP contribution in [0.15, 0.2) is 24.3 Å². The maximum absolute atomic E-state index is 12.8. The summed E-state index contributed by atoms with van der Waals surface area (Å²) in [6.07, 6.45) is 8.06. The summed E-state index contributed by atoms with van der Waals surface area (Å²) in [6, 6.07) is 6.64. The summed E-state index contributed by atoms with van der Waals surface area (Å²) in [4.78, 5) is 12.8. The molecule has 0 spiro atoms. The second-order valence-electron chi connectivity index (χ2n) is 8.39. The van der Waals surface area contributed by atoms with E-state index in [-0.39, 0.29) is 23.3 Å². The number of aromatic hydroxyl groups is 1. The number of amides is 1. The van der Waals surface area contributed by atoms with Gasteiger partial charge in [-0.05, 0) is 72.4 Å². The fourth-order valence-corrected chi connectivity index (χ4v) is 4.96. The molecule has 32 heavy (non-hydrogen) atoms. The lowest BCUT2D eigenvalue weighted by molar-refractivity contribution is 0.0924. The molecule has 0 radical (unpaired) electrons. The highest BCUT2D eigenvalue weighted by molar-refractivity contribution is 6.32. The van der Waals surface area contributed by atoms with E-state index in [1.54, 1.807) is 18.2 Å². The summed E-state index contributed by atoms with van der Waals surface area (Å²) in [7, 11) is 0. The van der Waals surface area contributed by atoms with Gasteiger partial charge in [0.15, 0.2) is 5.82 Å². The third-order valence-electron chi connectivity index (χ3n) is 6.28. The Hall–Kier alpha value is -3.13. The maximum Gasteiger partial charge on any atom is 0.255 e. The number of rotatable bonds is 5. The van der Waals surface area contributed by atoms with E-state index in [2.05, 4.69) is 25.9 Å². The van der Waals surface area contributed by atoms with Crippen LogP contribution in [0.2, 0.25) is 5.02 Å². The molecule has 2 aliphatic carbocycles. The average Bonchev–Trinajstić information content (AvgIpc) is 3.50. The molecule has 9 heteroatoms. The van der Waals surface area contributed by atoms with Crippen LogP contribution in [-0.2, 0) is 12.8 Å². The van der Waals surface area contributed by atoms with Crippen LogP contribution in [0.3, 0.4) is 0 Å². The van der Waals surface area contributed by atoms with E-state index in [4.69, 9.17) is 16.3 Å². The highest BCUT2D eigenvalue weighted by Crippen LogP contribution is 2.44. The van der Waals surface area contributed by atoms with E-state index >= 15 is 0 Å². The fraction of sp³-hybridized carbons (Fsp3) is 0.391. The Labute approximate surface area is 190 Å². The van der Waals surface area contributed by atoms with E-state index in [0.717, 1.165) is 61.6 Å². The minimum Gasteiger partial charge on any atom is -0.507 e. The van der Waals surface area contributed by atoms with Crippen LogP contribution in [0.1, 0.15) is 60.0 Å². The highest BCUT2D eigenvalue weighted by Gasteiger charge is 2.26. The summed E-state index contributed by atoms with van der Waals surface area (Å²) >= 11 is 6.61. The first-order valence-electron chi connectivity index (χ1n) is 11.0. The van der Waals surface area contributed by atoms with Gasteiger partial charge in [0.2, 0.25) is 0 Å². The number of nitrogens with one attached hydrogen (secondary N) is 2. The Morgan fingerprint density at radius 2 is 1.94 bits per heavy atom. The molecule has 0 saturated heterocycles. The maximum atomic E-state index is 12.8. The van der Waals surface area contributed by atoms with Crippen molar-refractivity contribution in [3.8, 4) is 28.6 Å². The van der Waals surface area contributed by atoms with Crippen molar-refractivity contribution in [2.45, 2.75) is 57.4 Å². The largest absolute Gasteiger partial charge is 0.507 e. The molecular formula is C23H24ClN5O3. The zero-order chi connectivity index (χ0) is 22.1. The molecule has 8 nitrogen and oxygen atoms in total. The van der Waals surface area contributed by atoms with E-state index in [9.17, 15) is 9.90 Å². The van der Waals surface area contributed by atoms with Gasteiger partial charge >= 0.3 is 0 Å². The minimum atomic E-state index is -0.288. The van der Waals surface area contributed by atoms with Gasteiger partial charge in [0.25, 0.3) is 5.91 Å². The van der Waals surface area contributed by atoms with Gasteiger partial charge in [0.1, 0.15) is 17.2 Å². The van der Waals surface area contributed by atoms with Gasteiger partial charge in [-0.25, -0.2) is 5.10 Å². The number of tetrazole rings is 1. The van der Waals surface area contributed by atoms with Gasteiger partial charge < -0.3 is 15.2 Å². The van der Waals surface area contributed by atoms with Crippen molar-refractivity contribution in [2.75, 3.05) is 0 Å². The van der Waals surface area contributed by atoms with Crippen LogP contribution in [0.5, 0.6) is 17.2 Å². The first kappa shape index (κ1) is 20.8. The molecule has 1 fully saturated rings. The smallest absolute Gasteiger partial charge is 0.255 e. The van der Waals surface area contributed by atoms with Crippen molar-refractivity contribution in [1.82, 2.24) is 25.9 Å². The van der Waals surface area contributed by atoms with E-state index < -0.39 is 0 Å². The number of hydrogen-bond donors (Lipinski definition) is 3. The number of phenolic OH excluding ortho intramolecular Hbond substituents is 1. The molecule has 0 atom stereocenters. The number of carbonyl (C=O) groups excluding carboxylic acids is 1. The molecule has 3 aromatic rings. The highest BCUT2D eigenvalue weighted by atomic mass is 35.5. The van der Waals surface area contributed by atoms with Gasteiger partial charge in [-0.15, -0.1) is 5.10 Å². The second kappa shape index (κ2) is 8.78. The lowest BCUT2D eigenvalue weighted by Crippen LogP contribution is -2.36. The van der Waals surface area contributed by atoms with Crippen molar-refractivity contribution in [2.24, 2.45) is 0 Å². The van der Waals surface area contributed by atoms with Crippen molar-refractivity contribution in [3.63, 3.8) is 0 Å². The third-order valence-corrected chi connectivity index (χ3v) is 6.56. The number of halogens is 1. The molecule has 1 amide bonds. The van der Waals surface area contributed by atoms with Crippen LogP contribution in [-0.4, -0.2) is 37.7 Å². The Morgan fingerprint density at radius 1 is 1.12 bits per heavy atom. The SMILES string of the molecule is O=C(NC1CCCCC1)c1cc(Oc2c(Cl)cc(-c3nnn[nH]3)c3c2CCC3)ccc1O. The molecule has 0 bridgehead atoms. The predicted octanol–water partition coefficient (Wildman–Crippen LogP) is 4.57. The number of hydrogen-bond acceptors (Lipinski definition) is 6. The average molecular weight is 454 g/mol. The Kier molecular flexibility index (Phi) is 5.70. The van der Waals surface area contributed by atoms with Gasteiger partial charge in [-0.2, -0.15) is 0 Å². The van der Waals surface area contributed by atoms with E-state index in [0.29, 0.717) is 22.3 Å². The summed E-state index contributed by atoms with van der Waals surface area (Å²) in [5.74, 6) is 1.23. The number of H-pyrrole nitrogens is 1. The number of aromatic nitrogens is 4. The van der Waals surface area contributed by atoms with Crippen molar-refractivity contribution in [1.29, 1.82) is 0 Å². The van der Waals surface area contributed by atoms with E-state index in [1.165, 1.54) is 12.5 Å². The molecule has 3 N–H and O–H groups in total. The van der Waals surface area contributed by atoms with Crippen molar-refractivity contribution >= 4 is 17.5 Å². The molecule has 2 aromatic carbocycles. The summed E-state index contributed by atoms with van der Waals surface area (Å²) < 4.78 is 6.18. The predicted molar refractivity (Wildman–Crippen MR) is 119 cm³/mol. The first-order valence-corrected chi connectivity index (χ1v) is 11.4. The molecular weight excluding hydrogens is 430 g/mol. The minimum absolute atomic E-state index is 0.0739. The molecule has 1 aromatic heterocycles. The van der Waals surface area contributed by atoms with Gasteiger partial charge in [0, 0.05) is 17.2 Å². The van der Waals surface area contributed by atoms with Crippen molar-refractivity contribution < 1.29 is 14.6 Å². The lowest BCUT2D eigenvalue weighted by Gasteiger charge is -2.23. The first-order chi connectivity index (χ1) is 15.6. The molecule has 1 heterocycles. The Bertz CT molecular complexity index is 1140. The molecule has 0 unspecified atom stereocenters. The van der Waals surface area contributed by atoms with Gasteiger partial charge in [-0.1, -0.05) is 30.9 Å². The molecule has 0 aliphatic heterocycles.